The molecule has 2 rings (SSSR count). The first-order valence-corrected chi connectivity index (χ1v) is 6.20. The molecule has 88 valence electrons. The molecular weight excluding hydrogens is 201 g/mol. The molecule has 0 bridgehead atoms. The fourth-order valence-electron chi connectivity index (χ4n) is 2.65. The summed E-state index contributed by atoms with van der Waals surface area (Å²) in [6.07, 6.45) is 6.08. The Labute approximate surface area is 96.9 Å². The van der Waals surface area contributed by atoms with Crippen molar-refractivity contribution in [2.75, 3.05) is 0 Å². The van der Waals surface area contributed by atoms with Gasteiger partial charge in [-0.05, 0) is 37.3 Å². The lowest BCUT2D eigenvalue weighted by Gasteiger charge is -2.28. The van der Waals surface area contributed by atoms with Gasteiger partial charge in [0.1, 0.15) is 5.82 Å². The van der Waals surface area contributed by atoms with Crippen molar-refractivity contribution in [2.24, 2.45) is 11.7 Å². The molecule has 1 aromatic carbocycles. The lowest BCUT2D eigenvalue weighted by Crippen LogP contribution is -2.24. The van der Waals surface area contributed by atoms with Crippen LogP contribution in [0.5, 0.6) is 0 Å². The second-order valence-corrected chi connectivity index (χ2v) is 4.95. The Bertz CT molecular complexity index is 356. The highest BCUT2D eigenvalue weighted by atomic mass is 19.1. The van der Waals surface area contributed by atoms with E-state index < -0.39 is 0 Å². The molecule has 1 fully saturated rings. The van der Waals surface area contributed by atoms with Crippen molar-refractivity contribution in [3.8, 4) is 0 Å². The molecule has 16 heavy (non-hydrogen) atoms. The number of nitrogens with two attached hydrogens (primary N) is 1. The zero-order chi connectivity index (χ0) is 11.5. The number of benzene rings is 1. The van der Waals surface area contributed by atoms with E-state index in [1.54, 1.807) is 6.07 Å². The molecule has 1 aliphatic rings. The number of hydrogen-bond donors (Lipinski definition) is 1. The Morgan fingerprint density at radius 2 is 1.94 bits per heavy atom. The van der Waals surface area contributed by atoms with E-state index in [-0.39, 0.29) is 11.9 Å². The van der Waals surface area contributed by atoms with Crippen molar-refractivity contribution in [1.29, 1.82) is 0 Å². The molecule has 1 atom stereocenters. The number of hydrogen-bond acceptors (Lipinski definition) is 1. The highest BCUT2D eigenvalue weighted by Gasteiger charge is 2.23. The lowest BCUT2D eigenvalue weighted by molar-refractivity contribution is 0.303. The number of halogens is 1. The molecule has 0 heterocycles. The summed E-state index contributed by atoms with van der Waals surface area (Å²) in [6, 6.07) is 5.25. The summed E-state index contributed by atoms with van der Waals surface area (Å²) >= 11 is 0. The van der Waals surface area contributed by atoms with Gasteiger partial charge >= 0.3 is 0 Å². The quantitative estimate of drug-likeness (QED) is 0.809. The van der Waals surface area contributed by atoms with Gasteiger partial charge in [-0.1, -0.05) is 31.4 Å². The van der Waals surface area contributed by atoms with Crippen LogP contribution in [0.1, 0.15) is 49.3 Å². The molecule has 0 aromatic heterocycles. The van der Waals surface area contributed by atoms with E-state index in [1.165, 1.54) is 19.3 Å². The SMILES string of the molecule is Cc1ccc(C(N)C2CCCCC2)c(F)c1. The minimum Gasteiger partial charge on any atom is -0.324 e. The van der Waals surface area contributed by atoms with Crippen molar-refractivity contribution in [3.63, 3.8) is 0 Å². The molecule has 0 saturated heterocycles. The molecule has 0 aliphatic heterocycles. The molecule has 1 aromatic rings. The fourth-order valence-corrected chi connectivity index (χ4v) is 2.65. The minimum absolute atomic E-state index is 0.124. The van der Waals surface area contributed by atoms with E-state index in [2.05, 4.69) is 0 Å². The third-order valence-corrected chi connectivity index (χ3v) is 3.67. The van der Waals surface area contributed by atoms with Gasteiger partial charge in [-0.2, -0.15) is 0 Å². The molecule has 2 heteroatoms. The van der Waals surface area contributed by atoms with Crippen molar-refractivity contribution >= 4 is 0 Å². The third-order valence-electron chi connectivity index (χ3n) is 3.67. The topological polar surface area (TPSA) is 26.0 Å². The summed E-state index contributed by atoms with van der Waals surface area (Å²) < 4.78 is 13.8. The first-order chi connectivity index (χ1) is 7.68. The van der Waals surface area contributed by atoms with Crippen LogP contribution in [0.3, 0.4) is 0 Å². The second-order valence-electron chi connectivity index (χ2n) is 4.95. The smallest absolute Gasteiger partial charge is 0.128 e. The zero-order valence-corrected chi connectivity index (χ0v) is 9.88. The summed E-state index contributed by atoms with van der Waals surface area (Å²) in [5, 5.41) is 0. The van der Waals surface area contributed by atoms with Gasteiger partial charge in [-0.3, -0.25) is 0 Å². The van der Waals surface area contributed by atoms with E-state index in [4.69, 9.17) is 5.73 Å². The van der Waals surface area contributed by atoms with E-state index in [0.29, 0.717) is 11.5 Å². The maximum Gasteiger partial charge on any atom is 0.128 e. The normalized spacial score (nSPS) is 19.7. The average Bonchev–Trinajstić information content (AvgIpc) is 2.29. The maximum atomic E-state index is 13.8. The van der Waals surface area contributed by atoms with Crippen LogP contribution in [0.25, 0.3) is 0 Å². The standard InChI is InChI=1S/C14H20FN/c1-10-7-8-12(13(15)9-10)14(16)11-5-3-2-4-6-11/h7-9,11,14H,2-6,16H2,1H3. The summed E-state index contributed by atoms with van der Waals surface area (Å²) in [5.74, 6) is 0.323. The van der Waals surface area contributed by atoms with Crippen LogP contribution in [-0.4, -0.2) is 0 Å². The molecule has 1 nitrogen and oxygen atoms in total. The van der Waals surface area contributed by atoms with Crippen molar-refractivity contribution in [3.05, 3.63) is 35.1 Å². The number of rotatable bonds is 2. The van der Waals surface area contributed by atoms with Crippen LogP contribution in [0.4, 0.5) is 4.39 Å². The fraction of sp³-hybridized carbons (Fsp3) is 0.571. The first-order valence-electron chi connectivity index (χ1n) is 6.20. The van der Waals surface area contributed by atoms with E-state index in [9.17, 15) is 4.39 Å². The Hall–Kier alpha value is -0.890. The summed E-state index contributed by atoms with van der Waals surface area (Å²) in [6.45, 7) is 1.90. The third kappa shape index (κ3) is 2.43. The van der Waals surface area contributed by atoms with Crippen LogP contribution in [-0.2, 0) is 0 Å². The Balaban J connectivity index is 2.15. The summed E-state index contributed by atoms with van der Waals surface area (Å²) in [5.41, 5.74) is 7.83. The van der Waals surface area contributed by atoms with Gasteiger partial charge in [0.2, 0.25) is 0 Å². The van der Waals surface area contributed by atoms with Crippen LogP contribution in [0.15, 0.2) is 18.2 Å². The second kappa shape index (κ2) is 4.96. The summed E-state index contributed by atoms with van der Waals surface area (Å²) in [7, 11) is 0. The largest absolute Gasteiger partial charge is 0.324 e. The van der Waals surface area contributed by atoms with Crippen LogP contribution >= 0.6 is 0 Å². The molecule has 1 unspecified atom stereocenters. The van der Waals surface area contributed by atoms with E-state index >= 15 is 0 Å². The van der Waals surface area contributed by atoms with Gasteiger partial charge in [0.15, 0.2) is 0 Å². The average molecular weight is 221 g/mol. The van der Waals surface area contributed by atoms with Crippen LogP contribution in [0.2, 0.25) is 0 Å². The minimum atomic E-state index is -0.141. The van der Waals surface area contributed by atoms with Gasteiger partial charge in [-0.25, -0.2) is 4.39 Å². The van der Waals surface area contributed by atoms with Gasteiger partial charge in [0, 0.05) is 11.6 Å². The molecule has 1 aliphatic carbocycles. The number of aryl methyl sites for hydroxylation is 1. The Kier molecular flexibility index (Phi) is 3.59. The van der Waals surface area contributed by atoms with E-state index in [1.807, 2.05) is 19.1 Å². The monoisotopic (exact) mass is 221 g/mol. The maximum absolute atomic E-state index is 13.8. The Morgan fingerprint density at radius 1 is 1.25 bits per heavy atom. The molecule has 1 saturated carbocycles. The molecule has 2 N–H and O–H groups in total. The molecule has 0 amide bonds. The summed E-state index contributed by atoms with van der Waals surface area (Å²) in [4.78, 5) is 0. The van der Waals surface area contributed by atoms with Crippen molar-refractivity contribution < 1.29 is 4.39 Å². The van der Waals surface area contributed by atoms with Gasteiger partial charge in [-0.15, -0.1) is 0 Å². The highest BCUT2D eigenvalue weighted by molar-refractivity contribution is 5.26. The zero-order valence-electron chi connectivity index (χ0n) is 9.88. The Morgan fingerprint density at radius 3 is 2.56 bits per heavy atom. The molecular formula is C14H20FN. The molecule has 0 radical (unpaired) electrons. The van der Waals surface area contributed by atoms with Gasteiger partial charge < -0.3 is 5.73 Å². The van der Waals surface area contributed by atoms with Gasteiger partial charge in [0.05, 0.1) is 0 Å². The predicted molar refractivity (Wildman–Crippen MR) is 64.6 cm³/mol. The first kappa shape index (κ1) is 11.6. The lowest BCUT2D eigenvalue weighted by atomic mass is 9.81. The van der Waals surface area contributed by atoms with Crippen LogP contribution < -0.4 is 5.73 Å². The van der Waals surface area contributed by atoms with Crippen LogP contribution in [0, 0.1) is 18.7 Å². The van der Waals surface area contributed by atoms with Crippen molar-refractivity contribution in [2.45, 2.75) is 45.1 Å². The highest BCUT2D eigenvalue weighted by Crippen LogP contribution is 2.33. The molecule has 0 spiro atoms. The van der Waals surface area contributed by atoms with Crippen molar-refractivity contribution in [1.82, 2.24) is 0 Å². The van der Waals surface area contributed by atoms with Gasteiger partial charge in [0.25, 0.3) is 0 Å². The predicted octanol–water partition coefficient (Wildman–Crippen LogP) is 3.71. The van der Waals surface area contributed by atoms with E-state index in [0.717, 1.165) is 18.4 Å².